The van der Waals surface area contributed by atoms with Gasteiger partial charge >= 0.3 is 0 Å². The van der Waals surface area contributed by atoms with E-state index in [9.17, 15) is 13.9 Å². The van der Waals surface area contributed by atoms with E-state index in [4.69, 9.17) is 5.73 Å². The molecule has 0 spiro atoms. The summed E-state index contributed by atoms with van der Waals surface area (Å²) in [5, 5.41) is 11.1. The molecule has 3 aromatic heterocycles. The molecule has 1 aliphatic rings. The van der Waals surface area contributed by atoms with Crippen molar-refractivity contribution in [2.75, 3.05) is 5.73 Å². The van der Waals surface area contributed by atoms with Gasteiger partial charge in [-0.1, -0.05) is 0 Å². The number of rotatable bonds is 3. The van der Waals surface area contributed by atoms with Crippen LogP contribution in [0.15, 0.2) is 30.9 Å². The molecule has 3 aromatic rings. The first-order chi connectivity index (χ1) is 11.4. The summed E-state index contributed by atoms with van der Waals surface area (Å²) in [6, 6.07) is 3.62. The molecule has 1 atom stereocenters. The molecule has 4 rings (SSSR count). The Kier molecular flexibility index (Phi) is 3.47. The molecule has 24 heavy (non-hydrogen) atoms. The molecular weight excluding hydrogens is 334 g/mol. The van der Waals surface area contributed by atoms with Gasteiger partial charge in [-0.3, -0.25) is 0 Å². The van der Waals surface area contributed by atoms with Gasteiger partial charge < -0.3 is 10.8 Å². The van der Waals surface area contributed by atoms with Crippen molar-refractivity contribution in [1.29, 1.82) is 0 Å². The van der Waals surface area contributed by atoms with Gasteiger partial charge in [-0.05, 0) is 12.1 Å². The van der Waals surface area contributed by atoms with Gasteiger partial charge in [0.1, 0.15) is 11.2 Å². The minimum atomic E-state index is -2.67. The lowest BCUT2D eigenvalue weighted by Gasteiger charge is -2.37. The van der Waals surface area contributed by atoms with Crippen LogP contribution in [0.4, 0.5) is 14.5 Å². The van der Waals surface area contributed by atoms with Crippen molar-refractivity contribution in [2.45, 2.75) is 24.9 Å². The highest BCUT2D eigenvalue weighted by Gasteiger charge is 2.49. The lowest BCUT2D eigenvalue weighted by Crippen LogP contribution is -2.38. The number of thiophene rings is 1. The summed E-state index contributed by atoms with van der Waals surface area (Å²) < 4.78 is 26.1. The SMILES string of the molecule is Nc1c([C@H](O)C2CC(F)(F)C2)sc2nc(-c3cncnc3)ccc12. The average Bonchev–Trinajstić information content (AvgIpc) is 2.89. The highest BCUT2D eigenvalue weighted by atomic mass is 32.1. The van der Waals surface area contributed by atoms with Crippen LogP contribution in [0.25, 0.3) is 21.5 Å². The molecule has 3 N–H and O–H groups in total. The van der Waals surface area contributed by atoms with Gasteiger partial charge in [0.2, 0.25) is 5.92 Å². The van der Waals surface area contributed by atoms with Crippen molar-refractivity contribution in [2.24, 2.45) is 5.92 Å². The predicted molar refractivity (Wildman–Crippen MR) is 87.7 cm³/mol. The topological polar surface area (TPSA) is 84.9 Å². The van der Waals surface area contributed by atoms with Crippen molar-refractivity contribution >= 4 is 27.2 Å². The van der Waals surface area contributed by atoms with E-state index in [-0.39, 0.29) is 12.8 Å². The summed E-state index contributed by atoms with van der Waals surface area (Å²) in [6.45, 7) is 0. The minimum Gasteiger partial charge on any atom is -0.397 e. The van der Waals surface area contributed by atoms with E-state index in [1.165, 1.54) is 17.7 Å². The van der Waals surface area contributed by atoms with Gasteiger partial charge in [0.05, 0.1) is 22.4 Å². The Balaban J connectivity index is 1.70. The van der Waals surface area contributed by atoms with Crippen LogP contribution in [0.1, 0.15) is 23.8 Å². The third kappa shape index (κ3) is 2.51. The molecule has 0 unspecified atom stereocenters. The molecule has 0 radical (unpaired) electrons. The molecule has 124 valence electrons. The first-order valence-electron chi connectivity index (χ1n) is 7.45. The van der Waals surface area contributed by atoms with Gasteiger partial charge in [-0.15, -0.1) is 11.3 Å². The molecule has 0 amide bonds. The number of anilines is 1. The third-order valence-electron chi connectivity index (χ3n) is 4.32. The number of fused-ring (bicyclic) bond motifs is 1. The Bertz CT molecular complexity index is 892. The maximum absolute atomic E-state index is 13.0. The maximum Gasteiger partial charge on any atom is 0.248 e. The number of nitrogen functional groups attached to an aromatic ring is 1. The summed E-state index contributed by atoms with van der Waals surface area (Å²) in [7, 11) is 0. The van der Waals surface area contributed by atoms with E-state index in [0.717, 1.165) is 10.9 Å². The summed E-state index contributed by atoms with van der Waals surface area (Å²) >= 11 is 1.25. The number of hydrogen-bond acceptors (Lipinski definition) is 6. The Morgan fingerprint density at radius 2 is 1.96 bits per heavy atom. The summed E-state index contributed by atoms with van der Waals surface area (Å²) in [5.74, 6) is -3.13. The quantitative estimate of drug-likeness (QED) is 0.758. The van der Waals surface area contributed by atoms with Crippen LogP contribution in [-0.4, -0.2) is 26.0 Å². The molecule has 1 saturated carbocycles. The second-order valence-corrected chi connectivity index (χ2v) is 7.06. The van der Waals surface area contributed by atoms with E-state index in [2.05, 4.69) is 15.0 Å². The number of nitrogens with zero attached hydrogens (tertiary/aromatic N) is 3. The van der Waals surface area contributed by atoms with Crippen molar-refractivity contribution in [3.63, 3.8) is 0 Å². The number of nitrogens with two attached hydrogens (primary N) is 1. The van der Waals surface area contributed by atoms with Crippen LogP contribution in [0, 0.1) is 5.92 Å². The van der Waals surface area contributed by atoms with Crippen molar-refractivity contribution < 1.29 is 13.9 Å². The molecule has 0 aliphatic heterocycles. The van der Waals surface area contributed by atoms with Crippen LogP contribution >= 0.6 is 11.3 Å². The fraction of sp³-hybridized carbons (Fsp3) is 0.312. The molecule has 1 aliphatic carbocycles. The lowest BCUT2D eigenvalue weighted by atomic mass is 9.77. The van der Waals surface area contributed by atoms with E-state index in [0.29, 0.717) is 21.1 Å². The zero-order valence-electron chi connectivity index (χ0n) is 12.5. The van der Waals surface area contributed by atoms with E-state index in [1.54, 1.807) is 18.5 Å². The van der Waals surface area contributed by atoms with Crippen molar-refractivity contribution in [3.05, 3.63) is 35.7 Å². The average molecular weight is 348 g/mol. The number of hydrogen-bond donors (Lipinski definition) is 2. The molecule has 0 bridgehead atoms. The second kappa shape index (κ2) is 5.42. The summed E-state index contributed by atoms with van der Waals surface area (Å²) in [6.07, 6.45) is 3.17. The summed E-state index contributed by atoms with van der Waals surface area (Å²) in [4.78, 5) is 13.6. The largest absolute Gasteiger partial charge is 0.397 e. The van der Waals surface area contributed by atoms with Crippen LogP contribution < -0.4 is 5.73 Å². The maximum atomic E-state index is 13.0. The fourth-order valence-corrected chi connectivity index (χ4v) is 4.15. The molecule has 3 heterocycles. The van der Waals surface area contributed by atoms with Gasteiger partial charge in [0, 0.05) is 42.1 Å². The normalized spacial score (nSPS) is 18.5. The van der Waals surface area contributed by atoms with Crippen LogP contribution in [0.2, 0.25) is 0 Å². The monoisotopic (exact) mass is 348 g/mol. The van der Waals surface area contributed by atoms with Crippen molar-refractivity contribution in [1.82, 2.24) is 15.0 Å². The standard InChI is InChI=1S/C16H14F2N4OS/c17-16(18)3-8(4-16)13(23)14-12(19)10-1-2-11(22-15(10)24-14)9-5-20-7-21-6-9/h1-2,5-8,13,23H,3-4,19H2/t13-/m1/s1. The lowest BCUT2D eigenvalue weighted by molar-refractivity contribution is -0.141. The first-order valence-corrected chi connectivity index (χ1v) is 8.26. The molecule has 0 aromatic carbocycles. The van der Waals surface area contributed by atoms with Crippen LogP contribution in [0.3, 0.4) is 0 Å². The number of aliphatic hydroxyl groups excluding tert-OH is 1. The van der Waals surface area contributed by atoms with E-state index in [1.807, 2.05) is 6.07 Å². The highest BCUT2D eigenvalue weighted by molar-refractivity contribution is 7.19. The molecule has 0 saturated heterocycles. The van der Waals surface area contributed by atoms with Gasteiger partial charge in [-0.2, -0.15) is 0 Å². The zero-order valence-corrected chi connectivity index (χ0v) is 13.3. The predicted octanol–water partition coefficient (Wildman–Crippen LogP) is 3.41. The van der Waals surface area contributed by atoms with Gasteiger partial charge in [0.15, 0.2) is 0 Å². The zero-order chi connectivity index (χ0) is 16.9. The fourth-order valence-electron chi connectivity index (χ4n) is 2.97. The minimum absolute atomic E-state index is 0.304. The second-order valence-electron chi connectivity index (χ2n) is 6.03. The van der Waals surface area contributed by atoms with E-state index >= 15 is 0 Å². The van der Waals surface area contributed by atoms with Crippen molar-refractivity contribution in [3.8, 4) is 11.3 Å². The summed E-state index contributed by atoms with van der Waals surface area (Å²) in [5.41, 5.74) is 7.99. The number of pyridine rings is 1. The Labute approximate surface area is 140 Å². The van der Waals surface area contributed by atoms with Crippen LogP contribution in [-0.2, 0) is 0 Å². The van der Waals surface area contributed by atoms with Gasteiger partial charge in [0.25, 0.3) is 0 Å². The smallest absolute Gasteiger partial charge is 0.248 e. The number of aliphatic hydroxyl groups is 1. The Morgan fingerprint density at radius 3 is 2.62 bits per heavy atom. The molecule has 1 fully saturated rings. The first kappa shape index (κ1) is 15.3. The number of aromatic nitrogens is 3. The third-order valence-corrected chi connectivity index (χ3v) is 5.50. The molecule has 5 nitrogen and oxygen atoms in total. The van der Waals surface area contributed by atoms with E-state index < -0.39 is 17.9 Å². The molecular formula is C16H14F2N4OS. The molecule has 8 heteroatoms. The number of halogens is 2. The Hall–Kier alpha value is -2.19. The van der Waals surface area contributed by atoms with Crippen LogP contribution in [0.5, 0.6) is 0 Å². The van der Waals surface area contributed by atoms with Gasteiger partial charge in [-0.25, -0.2) is 23.7 Å². The number of alkyl halides is 2. The Morgan fingerprint density at radius 1 is 1.25 bits per heavy atom. The highest BCUT2D eigenvalue weighted by Crippen LogP contribution is 2.51.